The highest BCUT2D eigenvalue weighted by Crippen LogP contribution is 2.33. The van der Waals surface area contributed by atoms with Gasteiger partial charge in [0, 0.05) is 35.9 Å². The standard InChI is InChI=1S/C30H26BrClN4O3S/c1-18-25(27(37)34-21-8-4-2-5-9-21)26(19-10-12-20(32)13-11-19)36-28(38)24(40-30(36)33-18)17-22-16-23(31)29(39-22)35-14-6-3-7-15-35/h2,4-5,8-13,16-17,26H,3,6-7,14-15H2,1H3,(H,34,37)/b24-17+/t26-/m0/s1. The lowest BCUT2D eigenvalue weighted by Gasteiger charge is -2.26. The van der Waals surface area contributed by atoms with E-state index < -0.39 is 6.04 Å². The first-order valence-electron chi connectivity index (χ1n) is 13.1. The van der Waals surface area contributed by atoms with Crippen LogP contribution >= 0.6 is 38.9 Å². The molecule has 0 radical (unpaired) electrons. The number of allylic oxidation sites excluding steroid dienone is 1. The van der Waals surface area contributed by atoms with Gasteiger partial charge >= 0.3 is 0 Å². The van der Waals surface area contributed by atoms with E-state index in [2.05, 4.69) is 26.1 Å². The molecule has 7 nitrogen and oxygen atoms in total. The topological polar surface area (TPSA) is 79.8 Å². The lowest BCUT2D eigenvalue weighted by Crippen LogP contribution is -2.40. The van der Waals surface area contributed by atoms with E-state index in [-0.39, 0.29) is 11.5 Å². The summed E-state index contributed by atoms with van der Waals surface area (Å²) in [5.41, 5.74) is 2.13. The molecule has 2 aliphatic rings. The lowest BCUT2D eigenvalue weighted by atomic mass is 9.95. The number of halogens is 2. The summed E-state index contributed by atoms with van der Waals surface area (Å²) in [6.45, 7) is 3.69. The number of benzene rings is 2. The van der Waals surface area contributed by atoms with Crippen LogP contribution in [-0.2, 0) is 4.79 Å². The van der Waals surface area contributed by atoms with Gasteiger partial charge in [0.25, 0.3) is 11.5 Å². The molecule has 1 fully saturated rings. The number of rotatable bonds is 5. The Kier molecular flexibility index (Phi) is 7.53. The second-order valence-electron chi connectivity index (χ2n) is 9.80. The van der Waals surface area contributed by atoms with Gasteiger partial charge in [-0.1, -0.05) is 53.3 Å². The number of carbonyl (C=O) groups excluding carboxylic acids is 1. The van der Waals surface area contributed by atoms with Crippen LogP contribution in [0.5, 0.6) is 0 Å². The Labute approximate surface area is 248 Å². The third kappa shape index (κ3) is 5.21. The van der Waals surface area contributed by atoms with Gasteiger partial charge in [-0.15, -0.1) is 0 Å². The Balaban J connectivity index is 1.44. The number of hydrogen-bond acceptors (Lipinski definition) is 6. The van der Waals surface area contributed by atoms with Crippen LogP contribution < -0.4 is 25.1 Å². The maximum absolute atomic E-state index is 13.9. The quantitative estimate of drug-likeness (QED) is 0.297. The van der Waals surface area contributed by atoms with Crippen molar-refractivity contribution in [1.29, 1.82) is 0 Å². The zero-order valence-corrected chi connectivity index (χ0v) is 24.9. The number of para-hydroxylation sites is 1. The first-order chi connectivity index (χ1) is 19.4. The predicted molar refractivity (Wildman–Crippen MR) is 163 cm³/mol. The molecule has 0 unspecified atom stereocenters. The van der Waals surface area contributed by atoms with Crippen LogP contribution in [0.15, 0.2) is 90.6 Å². The normalized spacial score (nSPS) is 17.5. The Bertz CT molecular complexity index is 1780. The fourth-order valence-electron chi connectivity index (χ4n) is 5.18. The molecule has 0 saturated carbocycles. The van der Waals surface area contributed by atoms with E-state index in [0.29, 0.717) is 37.1 Å². The van der Waals surface area contributed by atoms with Crippen LogP contribution in [0.3, 0.4) is 0 Å². The zero-order valence-electron chi connectivity index (χ0n) is 21.7. The molecular formula is C30H26BrClN4O3S. The molecule has 40 heavy (non-hydrogen) atoms. The number of thiazole rings is 1. The van der Waals surface area contributed by atoms with Crippen molar-refractivity contribution in [2.24, 2.45) is 4.99 Å². The number of anilines is 2. The number of carbonyl (C=O) groups is 1. The first-order valence-corrected chi connectivity index (χ1v) is 15.1. The minimum Gasteiger partial charge on any atom is -0.440 e. The minimum atomic E-state index is -0.674. The van der Waals surface area contributed by atoms with Gasteiger partial charge in [0.05, 0.1) is 26.3 Å². The largest absolute Gasteiger partial charge is 0.440 e. The van der Waals surface area contributed by atoms with Crippen molar-refractivity contribution < 1.29 is 9.21 Å². The average Bonchev–Trinajstić information content (AvgIpc) is 3.47. The molecule has 204 valence electrons. The molecule has 2 aromatic carbocycles. The highest BCUT2D eigenvalue weighted by molar-refractivity contribution is 9.10. The van der Waals surface area contributed by atoms with E-state index in [1.165, 1.54) is 17.8 Å². The molecule has 4 heterocycles. The molecule has 1 N–H and O–H groups in total. The molecule has 1 atom stereocenters. The molecule has 2 aliphatic heterocycles. The summed E-state index contributed by atoms with van der Waals surface area (Å²) in [6, 6.07) is 17.6. The van der Waals surface area contributed by atoms with Gasteiger partial charge < -0.3 is 14.6 Å². The summed E-state index contributed by atoms with van der Waals surface area (Å²) in [6.07, 6.45) is 5.24. The third-order valence-electron chi connectivity index (χ3n) is 7.09. The highest BCUT2D eigenvalue weighted by atomic mass is 79.9. The van der Waals surface area contributed by atoms with Gasteiger partial charge in [0.2, 0.25) is 5.88 Å². The Morgan fingerprint density at radius 3 is 2.58 bits per heavy atom. The Morgan fingerprint density at radius 2 is 1.85 bits per heavy atom. The SMILES string of the molecule is CC1=C(C(=O)Nc2ccccc2)[C@H](c2ccc(Cl)cc2)n2c(s/c(=C/c3cc(Br)c(N4CCCCC4)o3)c2=O)=N1. The van der Waals surface area contributed by atoms with Gasteiger partial charge in [0.1, 0.15) is 5.76 Å². The third-order valence-corrected chi connectivity index (χ3v) is 8.89. The molecule has 0 aliphatic carbocycles. The monoisotopic (exact) mass is 636 g/mol. The van der Waals surface area contributed by atoms with Crippen molar-refractivity contribution in [3.8, 4) is 0 Å². The molecule has 2 aromatic heterocycles. The van der Waals surface area contributed by atoms with Crippen LogP contribution in [-0.4, -0.2) is 23.6 Å². The van der Waals surface area contributed by atoms with Gasteiger partial charge in [0.15, 0.2) is 4.80 Å². The molecule has 1 amide bonds. The van der Waals surface area contributed by atoms with E-state index in [1.54, 1.807) is 29.7 Å². The Hall–Kier alpha value is -3.40. The summed E-state index contributed by atoms with van der Waals surface area (Å²) in [7, 11) is 0. The highest BCUT2D eigenvalue weighted by Gasteiger charge is 2.32. The van der Waals surface area contributed by atoms with Crippen molar-refractivity contribution in [3.05, 3.63) is 112 Å². The van der Waals surface area contributed by atoms with E-state index in [4.69, 9.17) is 21.0 Å². The molecule has 0 bridgehead atoms. The van der Waals surface area contributed by atoms with Gasteiger partial charge in [-0.2, -0.15) is 0 Å². The minimum absolute atomic E-state index is 0.242. The predicted octanol–water partition coefficient (Wildman–Crippen LogP) is 5.87. The molecule has 4 aromatic rings. The second kappa shape index (κ2) is 11.2. The number of hydrogen-bond donors (Lipinski definition) is 1. The number of aromatic nitrogens is 1. The molecule has 1 saturated heterocycles. The number of furan rings is 1. The Morgan fingerprint density at radius 1 is 1.12 bits per heavy atom. The van der Waals surface area contributed by atoms with Gasteiger partial charge in [-0.3, -0.25) is 14.2 Å². The average molecular weight is 638 g/mol. The second-order valence-corrected chi connectivity index (χ2v) is 12.1. The van der Waals surface area contributed by atoms with E-state index in [1.807, 2.05) is 48.5 Å². The van der Waals surface area contributed by atoms with Gasteiger partial charge in [-0.25, -0.2) is 4.99 Å². The summed E-state index contributed by atoms with van der Waals surface area (Å²) in [5, 5.41) is 3.53. The van der Waals surface area contributed by atoms with Crippen LogP contribution in [0.1, 0.15) is 43.6 Å². The van der Waals surface area contributed by atoms with E-state index in [9.17, 15) is 9.59 Å². The number of nitrogens with one attached hydrogen (secondary N) is 1. The van der Waals surface area contributed by atoms with E-state index >= 15 is 0 Å². The fourth-order valence-corrected chi connectivity index (χ4v) is 6.89. The van der Waals surface area contributed by atoms with Crippen LogP contribution in [0.2, 0.25) is 5.02 Å². The van der Waals surface area contributed by atoms with Gasteiger partial charge in [-0.05, 0) is 71.9 Å². The van der Waals surface area contributed by atoms with Crippen LogP contribution in [0.25, 0.3) is 6.08 Å². The first kappa shape index (κ1) is 26.8. The summed E-state index contributed by atoms with van der Waals surface area (Å²) in [5.74, 6) is 1.05. The van der Waals surface area contributed by atoms with Crippen LogP contribution in [0, 0.1) is 0 Å². The number of amides is 1. The van der Waals surface area contributed by atoms with E-state index in [0.717, 1.165) is 41.9 Å². The van der Waals surface area contributed by atoms with Crippen molar-refractivity contribution in [2.75, 3.05) is 23.3 Å². The summed E-state index contributed by atoms with van der Waals surface area (Å²) < 4.78 is 9.11. The molecular weight excluding hydrogens is 612 g/mol. The maximum atomic E-state index is 13.9. The van der Waals surface area contributed by atoms with Crippen molar-refractivity contribution in [2.45, 2.75) is 32.2 Å². The number of piperidine rings is 1. The summed E-state index contributed by atoms with van der Waals surface area (Å²) >= 11 is 11.1. The smallest absolute Gasteiger partial charge is 0.271 e. The number of nitrogens with zero attached hydrogens (tertiary/aromatic N) is 3. The molecule has 6 rings (SSSR count). The number of fused-ring (bicyclic) bond motifs is 1. The fraction of sp³-hybridized carbons (Fsp3) is 0.233. The van der Waals surface area contributed by atoms with Crippen molar-refractivity contribution >= 4 is 62.4 Å². The molecule has 0 spiro atoms. The van der Waals surface area contributed by atoms with Crippen LogP contribution in [0.4, 0.5) is 11.6 Å². The molecule has 10 heteroatoms. The van der Waals surface area contributed by atoms with Crippen molar-refractivity contribution in [1.82, 2.24) is 4.57 Å². The summed E-state index contributed by atoms with van der Waals surface area (Å²) in [4.78, 5) is 35.0. The zero-order chi connectivity index (χ0) is 27.8. The van der Waals surface area contributed by atoms with Crippen molar-refractivity contribution in [3.63, 3.8) is 0 Å². The lowest BCUT2D eigenvalue weighted by molar-refractivity contribution is -0.113. The maximum Gasteiger partial charge on any atom is 0.271 e.